The van der Waals surface area contributed by atoms with Gasteiger partial charge >= 0.3 is 5.97 Å². The minimum Gasteiger partial charge on any atom is -0.478 e. The van der Waals surface area contributed by atoms with Crippen molar-refractivity contribution < 1.29 is 43.5 Å². The summed E-state index contributed by atoms with van der Waals surface area (Å²) >= 11 is 0. The van der Waals surface area contributed by atoms with Crippen LogP contribution in [0.4, 0.5) is 5.69 Å². The number of aromatic carboxylic acids is 1. The fourth-order valence-corrected chi connectivity index (χ4v) is 2.87. The molecule has 0 saturated heterocycles. The number of sulfonamides is 1. The molecule has 0 aliphatic rings. The van der Waals surface area contributed by atoms with Crippen LogP contribution in [0.1, 0.15) is 17.3 Å². The van der Waals surface area contributed by atoms with Crippen molar-refractivity contribution in [2.45, 2.75) is 23.4 Å². The lowest BCUT2D eigenvalue weighted by Crippen LogP contribution is -2.56. The highest BCUT2D eigenvalue weighted by Crippen LogP contribution is 2.37. The second-order valence-corrected chi connectivity index (χ2v) is 7.84. The highest BCUT2D eigenvalue weighted by atomic mass is 32.2. The lowest BCUT2D eigenvalue weighted by atomic mass is 10.1. The number of hydrogen-bond donors (Lipinski definition) is 7. The van der Waals surface area contributed by atoms with Crippen molar-refractivity contribution in [3.05, 3.63) is 48.0 Å². The van der Waals surface area contributed by atoms with Crippen molar-refractivity contribution in [1.82, 2.24) is 0 Å². The quantitative estimate of drug-likeness (QED) is 0.272. The van der Waals surface area contributed by atoms with E-state index >= 15 is 0 Å². The van der Waals surface area contributed by atoms with Gasteiger partial charge in [-0.25, -0.2) is 18.4 Å². The number of para-hydroxylation sites is 1. The summed E-state index contributed by atoms with van der Waals surface area (Å²) in [6, 6.07) is 9.60. The molecule has 0 spiro atoms. The third kappa shape index (κ3) is 5.41. The van der Waals surface area contributed by atoms with Gasteiger partial charge in [0.05, 0.1) is 17.8 Å². The Labute approximate surface area is 165 Å². The van der Waals surface area contributed by atoms with E-state index in [2.05, 4.69) is 5.32 Å². The predicted molar refractivity (Wildman–Crippen MR) is 99.8 cm³/mol. The van der Waals surface area contributed by atoms with Gasteiger partial charge in [0.25, 0.3) is 0 Å². The van der Waals surface area contributed by atoms with Crippen LogP contribution in [0.5, 0.6) is 11.5 Å². The van der Waals surface area contributed by atoms with Gasteiger partial charge in [0.15, 0.2) is 5.75 Å². The number of benzene rings is 2. The zero-order valence-electron chi connectivity index (χ0n) is 15.1. The second kappa shape index (κ2) is 7.94. The van der Waals surface area contributed by atoms with Gasteiger partial charge in [-0.15, -0.1) is 0 Å². The van der Waals surface area contributed by atoms with E-state index in [4.69, 9.17) is 9.88 Å². The van der Waals surface area contributed by atoms with Crippen LogP contribution in [0, 0.1) is 0 Å². The minimum absolute atomic E-state index is 0.178. The Hall–Kier alpha value is -2.74. The van der Waals surface area contributed by atoms with Crippen molar-refractivity contribution in [2.24, 2.45) is 5.14 Å². The molecule has 0 aromatic heterocycles. The summed E-state index contributed by atoms with van der Waals surface area (Å²) in [5.74, 6) is -7.77. The topological polar surface area (TPSA) is 200 Å². The highest BCUT2D eigenvalue weighted by molar-refractivity contribution is 7.89. The molecule has 11 nitrogen and oxygen atoms in total. The monoisotopic (exact) mass is 428 g/mol. The highest BCUT2D eigenvalue weighted by Gasteiger charge is 2.43. The number of rotatable bonds is 8. The molecule has 0 unspecified atom stereocenters. The Bertz CT molecular complexity index is 1000. The summed E-state index contributed by atoms with van der Waals surface area (Å²) in [7, 11) is -4.47. The molecule has 29 heavy (non-hydrogen) atoms. The van der Waals surface area contributed by atoms with Crippen LogP contribution < -0.4 is 15.2 Å². The van der Waals surface area contributed by atoms with Crippen molar-refractivity contribution in [1.29, 1.82) is 0 Å². The van der Waals surface area contributed by atoms with Gasteiger partial charge in [-0.1, -0.05) is 18.2 Å². The van der Waals surface area contributed by atoms with Gasteiger partial charge in [0.2, 0.25) is 21.6 Å². The number of anilines is 1. The Morgan fingerprint density at radius 2 is 1.72 bits per heavy atom. The molecule has 8 N–H and O–H groups in total. The average molecular weight is 428 g/mol. The predicted octanol–water partition coefficient (Wildman–Crippen LogP) is -0.382. The first-order valence-electron chi connectivity index (χ1n) is 8.03. The number of primary sulfonamides is 1. The fourth-order valence-electron chi connectivity index (χ4n) is 2.17. The van der Waals surface area contributed by atoms with Crippen molar-refractivity contribution in [3.63, 3.8) is 0 Å². The van der Waals surface area contributed by atoms with E-state index in [0.29, 0.717) is 6.92 Å². The molecular formula is C17H20N2O9S. The maximum atomic E-state index is 12.0. The first kappa shape index (κ1) is 22.5. The van der Waals surface area contributed by atoms with Gasteiger partial charge in [-0.05, 0) is 31.2 Å². The van der Waals surface area contributed by atoms with E-state index in [1.165, 1.54) is 12.1 Å². The minimum atomic E-state index is -4.47. The SMILES string of the molecule is CC(O)(O)C(O)(O)CNc1cc(C(=O)O)cc(S(N)(=O)=O)c1Oc1ccccc1. The molecule has 0 atom stereocenters. The van der Waals surface area contributed by atoms with E-state index in [-0.39, 0.29) is 11.4 Å². The van der Waals surface area contributed by atoms with E-state index < -0.39 is 50.3 Å². The van der Waals surface area contributed by atoms with Crippen molar-refractivity contribution in [2.75, 3.05) is 11.9 Å². The van der Waals surface area contributed by atoms with Crippen LogP contribution in [-0.4, -0.2) is 58.0 Å². The Balaban J connectivity index is 2.62. The van der Waals surface area contributed by atoms with Crippen molar-refractivity contribution in [3.8, 4) is 11.5 Å². The number of nitrogens with one attached hydrogen (secondary N) is 1. The number of ether oxygens (including phenoxy) is 1. The molecule has 0 radical (unpaired) electrons. The summed E-state index contributed by atoms with van der Waals surface area (Å²) in [5.41, 5.74) is -0.788. The number of carboxylic acids is 1. The fraction of sp³-hybridized carbons (Fsp3) is 0.235. The molecular weight excluding hydrogens is 408 g/mol. The van der Waals surface area contributed by atoms with Crippen LogP contribution in [0.3, 0.4) is 0 Å². The Morgan fingerprint density at radius 3 is 2.21 bits per heavy atom. The second-order valence-electron chi connectivity index (χ2n) is 6.31. The van der Waals surface area contributed by atoms with Gasteiger partial charge in [-0.3, -0.25) is 0 Å². The molecule has 2 aromatic carbocycles. The number of hydrogen-bond acceptors (Lipinski definition) is 9. The summed E-state index contributed by atoms with van der Waals surface area (Å²) in [5, 5.41) is 55.3. The summed E-state index contributed by atoms with van der Waals surface area (Å²) in [6.07, 6.45) is 0. The van der Waals surface area contributed by atoms with Crippen LogP contribution in [0.15, 0.2) is 47.4 Å². The van der Waals surface area contributed by atoms with E-state index in [1.54, 1.807) is 18.2 Å². The summed E-state index contributed by atoms with van der Waals surface area (Å²) < 4.78 is 29.6. The lowest BCUT2D eigenvalue weighted by Gasteiger charge is -2.32. The molecule has 2 aromatic rings. The first-order valence-corrected chi connectivity index (χ1v) is 9.57. The van der Waals surface area contributed by atoms with Gasteiger partial charge < -0.3 is 35.6 Å². The lowest BCUT2D eigenvalue weighted by molar-refractivity contribution is -0.341. The molecule has 0 bridgehead atoms. The third-order valence-corrected chi connectivity index (χ3v) is 4.77. The van der Waals surface area contributed by atoms with Gasteiger partial charge in [0.1, 0.15) is 10.6 Å². The van der Waals surface area contributed by atoms with Crippen LogP contribution >= 0.6 is 0 Å². The van der Waals surface area contributed by atoms with E-state index in [0.717, 1.165) is 12.1 Å². The normalized spacial score (nSPS) is 12.5. The molecule has 0 heterocycles. The molecule has 158 valence electrons. The van der Waals surface area contributed by atoms with Gasteiger partial charge in [-0.2, -0.15) is 0 Å². The Morgan fingerprint density at radius 1 is 1.14 bits per heavy atom. The molecule has 0 aliphatic heterocycles. The number of nitrogens with two attached hydrogens (primary N) is 1. The van der Waals surface area contributed by atoms with Crippen LogP contribution in [0.2, 0.25) is 0 Å². The average Bonchev–Trinajstić information content (AvgIpc) is 2.59. The van der Waals surface area contributed by atoms with Crippen LogP contribution in [-0.2, 0) is 10.0 Å². The van der Waals surface area contributed by atoms with E-state index in [9.17, 15) is 38.7 Å². The third-order valence-electron chi connectivity index (χ3n) is 3.86. The van der Waals surface area contributed by atoms with Gasteiger partial charge in [0, 0.05) is 0 Å². The molecule has 0 fully saturated rings. The largest absolute Gasteiger partial charge is 0.478 e. The zero-order chi connectivity index (χ0) is 22.0. The summed E-state index contributed by atoms with van der Waals surface area (Å²) in [4.78, 5) is 10.7. The molecule has 0 amide bonds. The van der Waals surface area contributed by atoms with E-state index in [1.807, 2.05) is 0 Å². The summed E-state index contributed by atoms with van der Waals surface area (Å²) in [6.45, 7) is -0.228. The number of carbonyl (C=O) groups is 1. The molecule has 0 saturated carbocycles. The molecule has 12 heteroatoms. The smallest absolute Gasteiger partial charge is 0.335 e. The molecule has 0 aliphatic carbocycles. The Kier molecular flexibility index (Phi) is 6.18. The zero-order valence-corrected chi connectivity index (χ0v) is 15.9. The van der Waals surface area contributed by atoms with Crippen LogP contribution in [0.25, 0.3) is 0 Å². The number of aliphatic hydroxyl groups is 4. The first-order chi connectivity index (χ1) is 13.2. The maximum absolute atomic E-state index is 12.0. The standard InChI is InChI=1S/C17H20N2O9S/c1-16(22,23)17(24,25)9-19-12-7-10(15(20)21)8-13(29(18,26)27)14(12)28-11-5-3-2-4-6-11/h2-8,19,22-25H,9H2,1H3,(H,20,21)(H2,18,26,27). The maximum Gasteiger partial charge on any atom is 0.335 e. The molecule has 2 rings (SSSR count). The number of carboxylic acid groups (broad SMARTS) is 1. The van der Waals surface area contributed by atoms with Crippen molar-refractivity contribution >= 4 is 21.7 Å².